The van der Waals surface area contributed by atoms with Crippen molar-refractivity contribution in [1.29, 1.82) is 0 Å². The second-order valence-electron chi connectivity index (χ2n) is 5.98. The Morgan fingerprint density at radius 2 is 2.05 bits per heavy atom. The monoisotopic (exact) mass is 296 g/mol. The first-order valence-electron chi connectivity index (χ1n) is 7.18. The summed E-state index contributed by atoms with van der Waals surface area (Å²) in [5.74, 6) is 0.879. The first kappa shape index (κ1) is 15.2. The van der Waals surface area contributed by atoms with E-state index >= 15 is 0 Å². The lowest BCUT2D eigenvalue weighted by Gasteiger charge is -2.29. The molecule has 4 nitrogen and oxygen atoms in total. The summed E-state index contributed by atoms with van der Waals surface area (Å²) in [6.07, 6.45) is 6.48. The number of rotatable bonds is 6. The molecule has 1 unspecified atom stereocenters. The molecule has 0 bridgehead atoms. The lowest BCUT2D eigenvalue weighted by Crippen LogP contribution is -2.23. The van der Waals surface area contributed by atoms with E-state index in [0.29, 0.717) is 11.7 Å². The molecule has 1 aromatic carbocycles. The number of sulfonamides is 1. The van der Waals surface area contributed by atoms with Crippen LogP contribution in [0, 0.1) is 12.8 Å². The Hall–Kier alpha value is -1.23. The Morgan fingerprint density at radius 1 is 1.35 bits per heavy atom. The largest absolute Gasteiger partial charge is 0.383 e. The molecule has 20 heavy (non-hydrogen) atoms. The average molecular weight is 296 g/mol. The zero-order chi connectivity index (χ0) is 14.8. The second-order valence-corrected chi connectivity index (χ2v) is 7.73. The lowest BCUT2D eigenvalue weighted by atomic mass is 9.81. The van der Waals surface area contributed by atoms with Crippen molar-refractivity contribution in [2.75, 3.05) is 16.3 Å². The highest BCUT2D eigenvalue weighted by molar-refractivity contribution is 7.92. The third-order valence-electron chi connectivity index (χ3n) is 3.85. The first-order valence-corrected chi connectivity index (χ1v) is 9.07. The fraction of sp³-hybridized carbons (Fsp3) is 0.600. The minimum atomic E-state index is -3.22. The lowest BCUT2D eigenvalue weighted by molar-refractivity contribution is 0.286. The van der Waals surface area contributed by atoms with Gasteiger partial charge < -0.3 is 5.32 Å². The highest BCUT2D eigenvalue weighted by atomic mass is 32.2. The molecule has 1 saturated carbocycles. The molecule has 1 aromatic rings. The van der Waals surface area contributed by atoms with Crippen LogP contribution < -0.4 is 10.0 Å². The van der Waals surface area contributed by atoms with Gasteiger partial charge in [0.1, 0.15) is 0 Å². The van der Waals surface area contributed by atoms with Crippen LogP contribution in [0.2, 0.25) is 0 Å². The maximum absolute atomic E-state index is 11.2. The van der Waals surface area contributed by atoms with E-state index in [1.807, 2.05) is 25.1 Å². The number of nitrogens with one attached hydrogen (secondary N) is 2. The topological polar surface area (TPSA) is 58.2 Å². The maximum atomic E-state index is 11.2. The average Bonchev–Trinajstić information content (AvgIpc) is 2.26. The van der Waals surface area contributed by atoms with E-state index in [1.54, 1.807) is 0 Å². The van der Waals surface area contributed by atoms with E-state index in [2.05, 4.69) is 17.0 Å². The van der Waals surface area contributed by atoms with Gasteiger partial charge in [-0.15, -0.1) is 0 Å². The smallest absolute Gasteiger partial charge is 0.229 e. The molecule has 2 N–H and O–H groups in total. The van der Waals surface area contributed by atoms with Crippen LogP contribution in [-0.4, -0.2) is 20.7 Å². The third kappa shape index (κ3) is 4.40. The van der Waals surface area contributed by atoms with Gasteiger partial charge in [0.15, 0.2) is 0 Å². The van der Waals surface area contributed by atoms with Crippen LogP contribution in [0.4, 0.5) is 11.4 Å². The zero-order valence-electron chi connectivity index (χ0n) is 12.4. The van der Waals surface area contributed by atoms with E-state index in [4.69, 9.17) is 0 Å². The Labute approximate surface area is 122 Å². The van der Waals surface area contributed by atoms with E-state index in [9.17, 15) is 8.42 Å². The van der Waals surface area contributed by atoms with Gasteiger partial charge in [-0.05, 0) is 49.9 Å². The molecule has 0 saturated heterocycles. The van der Waals surface area contributed by atoms with Crippen LogP contribution in [0.25, 0.3) is 0 Å². The number of hydrogen-bond donors (Lipinski definition) is 2. The Bertz CT molecular complexity index is 565. The maximum Gasteiger partial charge on any atom is 0.229 e. The van der Waals surface area contributed by atoms with E-state index < -0.39 is 10.0 Å². The summed E-state index contributed by atoms with van der Waals surface area (Å²) in [4.78, 5) is 0. The van der Waals surface area contributed by atoms with Crippen LogP contribution >= 0.6 is 0 Å². The van der Waals surface area contributed by atoms with Crippen molar-refractivity contribution in [2.45, 2.75) is 45.6 Å². The van der Waals surface area contributed by atoms with E-state index in [0.717, 1.165) is 17.2 Å². The molecule has 0 radical (unpaired) electrons. The SMILES string of the molecule is Cc1cc(NC(C)CC2CCC2)ccc1NS(C)(=O)=O. The van der Waals surface area contributed by atoms with Crippen LogP contribution in [0.1, 0.15) is 38.2 Å². The molecule has 5 heteroatoms. The highest BCUT2D eigenvalue weighted by Crippen LogP contribution is 2.31. The van der Waals surface area contributed by atoms with Crippen molar-refractivity contribution in [2.24, 2.45) is 5.92 Å². The summed E-state index contributed by atoms with van der Waals surface area (Å²) < 4.78 is 25.0. The van der Waals surface area contributed by atoms with Gasteiger partial charge >= 0.3 is 0 Å². The third-order valence-corrected chi connectivity index (χ3v) is 4.44. The minimum absolute atomic E-state index is 0.452. The molecule has 1 fully saturated rings. The van der Waals surface area contributed by atoms with Crippen LogP contribution in [-0.2, 0) is 10.0 Å². The quantitative estimate of drug-likeness (QED) is 0.846. The summed E-state index contributed by atoms with van der Waals surface area (Å²) >= 11 is 0. The summed E-state index contributed by atoms with van der Waals surface area (Å²) in [5.41, 5.74) is 2.62. The number of anilines is 2. The number of hydrogen-bond acceptors (Lipinski definition) is 3. The molecular formula is C15H24N2O2S. The van der Waals surface area contributed by atoms with Crippen LogP contribution in [0.15, 0.2) is 18.2 Å². The molecule has 0 spiro atoms. The molecule has 1 atom stereocenters. The van der Waals surface area contributed by atoms with Gasteiger partial charge in [0.2, 0.25) is 10.0 Å². The van der Waals surface area contributed by atoms with Gasteiger partial charge in [0.05, 0.1) is 11.9 Å². The van der Waals surface area contributed by atoms with E-state index in [1.165, 1.54) is 31.9 Å². The van der Waals surface area contributed by atoms with Crippen molar-refractivity contribution in [3.63, 3.8) is 0 Å². The molecule has 1 aliphatic carbocycles. The fourth-order valence-electron chi connectivity index (χ4n) is 2.64. The Kier molecular flexibility index (Phi) is 4.58. The normalized spacial score (nSPS) is 17.4. The molecule has 0 amide bonds. The van der Waals surface area contributed by atoms with Gasteiger partial charge in [-0.25, -0.2) is 8.42 Å². The van der Waals surface area contributed by atoms with Gasteiger partial charge in [-0.3, -0.25) is 4.72 Å². The number of benzene rings is 1. The zero-order valence-corrected chi connectivity index (χ0v) is 13.3. The van der Waals surface area contributed by atoms with Crippen molar-refractivity contribution in [3.05, 3.63) is 23.8 Å². The van der Waals surface area contributed by atoms with Gasteiger partial charge in [-0.2, -0.15) is 0 Å². The van der Waals surface area contributed by atoms with Crippen molar-refractivity contribution in [3.8, 4) is 0 Å². The Balaban J connectivity index is 1.97. The Morgan fingerprint density at radius 3 is 2.55 bits per heavy atom. The van der Waals surface area contributed by atoms with Crippen molar-refractivity contribution in [1.82, 2.24) is 0 Å². The summed E-state index contributed by atoms with van der Waals surface area (Å²) in [6, 6.07) is 6.19. The number of aryl methyl sites for hydroxylation is 1. The summed E-state index contributed by atoms with van der Waals surface area (Å²) in [7, 11) is -3.22. The van der Waals surface area contributed by atoms with Gasteiger partial charge in [-0.1, -0.05) is 19.3 Å². The van der Waals surface area contributed by atoms with E-state index in [-0.39, 0.29) is 0 Å². The predicted molar refractivity (Wildman–Crippen MR) is 84.7 cm³/mol. The minimum Gasteiger partial charge on any atom is -0.383 e. The van der Waals surface area contributed by atoms with Crippen molar-refractivity contribution >= 4 is 21.4 Å². The molecule has 112 valence electrons. The van der Waals surface area contributed by atoms with Gasteiger partial charge in [0, 0.05) is 11.7 Å². The molecule has 2 rings (SSSR count). The first-order chi connectivity index (χ1) is 9.33. The standard InChI is InChI=1S/C15H24N2O2S/c1-11-9-14(7-8-15(11)17-20(3,18)19)16-12(2)10-13-5-4-6-13/h7-9,12-13,16-17H,4-6,10H2,1-3H3. The summed E-state index contributed by atoms with van der Waals surface area (Å²) in [5, 5.41) is 3.49. The predicted octanol–water partition coefficient (Wildman–Crippen LogP) is 3.36. The summed E-state index contributed by atoms with van der Waals surface area (Å²) in [6.45, 7) is 4.12. The van der Waals surface area contributed by atoms with Crippen LogP contribution in [0.5, 0.6) is 0 Å². The van der Waals surface area contributed by atoms with Crippen LogP contribution in [0.3, 0.4) is 0 Å². The molecule has 0 aromatic heterocycles. The fourth-order valence-corrected chi connectivity index (χ4v) is 3.27. The highest BCUT2D eigenvalue weighted by Gasteiger charge is 2.19. The second kappa shape index (κ2) is 6.04. The molecule has 0 aliphatic heterocycles. The molecule has 1 aliphatic rings. The molecular weight excluding hydrogens is 272 g/mol. The van der Waals surface area contributed by atoms with Crippen molar-refractivity contribution < 1.29 is 8.42 Å². The molecule has 0 heterocycles. The van der Waals surface area contributed by atoms with Gasteiger partial charge in [0.25, 0.3) is 0 Å².